The number of rotatable bonds is 5. The minimum atomic E-state index is 0.452. The number of H-pyrrole nitrogens is 1. The summed E-state index contributed by atoms with van der Waals surface area (Å²) in [5.41, 5.74) is 6.14. The van der Waals surface area contributed by atoms with E-state index in [2.05, 4.69) is 51.6 Å². The maximum absolute atomic E-state index is 6.22. The van der Waals surface area contributed by atoms with Crippen molar-refractivity contribution in [1.82, 2.24) is 9.88 Å². The first-order valence-corrected chi connectivity index (χ1v) is 11.4. The van der Waals surface area contributed by atoms with Crippen LogP contribution in [0.1, 0.15) is 5.56 Å². The van der Waals surface area contributed by atoms with Gasteiger partial charge in [-0.05, 0) is 48.4 Å². The first-order chi connectivity index (χ1) is 15.1. The molecule has 6 heteroatoms. The fourth-order valence-corrected chi connectivity index (χ4v) is 5.24. The summed E-state index contributed by atoms with van der Waals surface area (Å²) in [6.45, 7) is 5.23. The molecule has 2 N–H and O–H groups in total. The largest absolute Gasteiger partial charge is 0.380 e. The zero-order valence-electron chi connectivity index (χ0n) is 17.1. The van der Waals surface area contributed by atoms with Crippen LogP contribution in [0.3, 0.4) is 0 Å². The lowest BCUT2D eigenvalue weighted by atomic mass is 9.78. The number of benzene rings is 3. The van der Waals surface area contributed by atoms with Gasteiger partial charge in [0.15, 0.2) is 0 Å². The fraction of sp³-hybridized carbons (Fsp3) is 0.280. The number of nitrogens with zero attached hydrogens (tertiary/aromatic N) is 1. The number of hydrogen-bond acceptors (Lipinski definition) is 3. The molecule has 31 heavy (non-hydrogen) atoms. The molecule has 0 atom stereocenters. The van der Waals surface area contributed by atoms with Crippen molar-refractivity contribution in [2.24, 2.45) is 5.41 Å². The molecular weight excluding hydrogens is 429 g/mol. The van der Waals surface area contributed by atoms with Gasteiger partial charge in [0.25, 0.3) is 0 Å². The van der Waals surface area contributed by atoms with E-state index in [1.54, 1.807) is 0 Å². The van der Waals surface area contributed by atoms with Crippen molar-refractivity contribution in [2.75, 3.05) is 38.2 Å². The van der Waals surface area contributed by atoms with Crippen LogP contribution < -0.4 is 5.32 Å². The van der Waals surface area contributed by atoms with Crippen molar-refractivity contribution >= 4 is 56.4 Å². The maximum Gasteiger partial charge on any atom is 0.0612 e. The van der Waals surface area contributed by atoms with Crippen LogP contribution in [0.4, 0.5) is 11.4 Å². The molecule has 1 spiro atoms. The lowest BCUT2D eigenvalue weighted by molar-refractivity contribution is -0.188. The van der Waals surface area contributed by atoms with Crippen molar-refractivity contribution in [1.29, 1.82) is 0 Å². The van der Waals surface area contributed by atoms with Crippen LogP contribution in [-0.2, 0) is 11.2 Å². The Hall–Kier alpha value is -2.24. The smallest absolute Gasteiger partial charge is 0.0612 e. The number of aromatic amines is 1. The number of halogens is 2. The molecule has 2 aliphatic heterocycles. The van der Waals surface area contributed by atoms with E-state index in [1.807, 2.05) is 18.2 Å². The van der Waals surface area contributed by atoms with E-state index in [4.69, 9.17) is 27.9 Å². The average Bonchev–Trinajstić information content (AvgIpc) is 3.07. The second kappa shape index (κ2) is 7.42. The van der Waals surface area contributed by atoms with Crippen LogP contribution in [0.25, 0.3) is 21.8 Å². The summed E-state index contributed by atoms with van der Waals surface area (Å²) in [6.07, 6.45) is 0.997. The molecule has 2 aliphatic rings. The lowest BCUT2D eigenvalue weighted by Gasteiger charge is -2.55. The first kappa shape index (κ1) is 19.4. The summed E-state index contributed by atoms with van der Waals surface area (Å²) in [7, 11) is 0. The third kappa shape index (κ3) is 3.48. The lowest BCUT2D eigenvalue weighted by Crippen LogP contribution is -2.66. The monoisotopic (exact) mass is 451 g/mol. The standard InChI is InChI=1S/C25H23Cl2N3O/c26-21-6-5-17(11-22(21)27)28-18-9-16(7-8-30-12-25(13-30)14-31-15-25)24-20(10-18)19-3-1-2-4-23(19)29-24/h1-6,9-11,28-29H,7-8,12-15H2. The molecule has 0 radical (unpaired) electrons. The average molecular weight is 452 g/mol. The number of anilines is 2. The minimum Gasteiger partial charge on any atom is -0.380 e. The molecule has 2 fully saturated rings. The number of ether oxygens (including phenoxy) is 1. The Kier molecular flexibility index (Phi) is 4.65. The van der Waals surface area contributed by atoms with E-state index >= 15 is 0 Å². The van der Waals surface area contributed by atoms with Crippen molar-refractivity contribution in [3.8, 4) is 0 Å². The van der Waals surface area contributed by atoms with Gasteiger partial charge in [0.1, 0.15) is 0 Å². The van der Waals surface area contributed by atoms with Crippen LogP contribution in [0.2, 0.25) is 10.0 Å². The summed E-state index contributed by atoms with van der Waals surface area (Å²) in [6, 6.07) is 18.6. The van der Waals surface area contributed by atoms with Gasteiger partial charge in [-0.1, -0.05) is 41.4 Å². The van der Waals surface area contributed by atoms with E-state index < -0.39 is 0 Å². The molecule has 1 aromatic heterocycles. The Morgan fingerprint density at radius 1 is 0.935 bits per heavy atom. The molecule has 0 saturated carbocycles. The van der Waals surface area contributed by atoms with Crippen LogP contribution in [0.15, 0.2) is 54.6 Å². The summed E-state index contributed by atoms with van der Waals surface area (Å²) >= 11 is 12.3. The summed E-state index contributed by atoms with van der Waals surface area (Å²) in [5, 5.41) is 7.11. The molecule has 3 heterocycles. The van der Waals surface area contributed by atoms with Crippen molar-refractivity contribution in [2.45, 2.75) is 6.42 Å². The third-order valence-corrected chi connectivity index (χ3v) is 7.28. The van der Waals surface area contributed by atoms with Gasteiger partial charge in [-0.15, -0.1) is 0 Å². The van der Waals surface area contributed by atoms with Crippen LogP contribution in [0, 0.1) is 5.41 Å². The van der Waals surface area contributed by atoms with Gasteiger partial charge in [-0.25, -0.2) is 0 Å². The van der Waals surface area contributed by atoms with E-state index in [0.29, 0.717) is 15.5 Å². The van der Waals surface area contributed by atoms with Gasteiger partial charge < -0.3 is 19.9 Å². The fourth-order valence-electron chi connectivity index (χ4n) is 4.95. The maximum atomic E-state index is 6.22. The van der Waals surface area contributed by atoms with Gasteiger partial charge in [0.05, 0.1) is 23.3 Å². The Morgan fingerprint density at radius 2 is 1.77 bits per heavy atom. The van der Waals surface area contributed by atoms with Crippen LogP contribution >= 0.6 is 23.2 Å². The van der Waals surface area contributed by atoms with Crippen molar-refractivity contribution in [3.63, 3.8) is 0 Å². The van der Waals surface area contributed by atoms with Gasteiger partial charge >= 0.3 is 0 Å². The zero-order valence-corrected chi connectivity index (χ0v) is 18.6. The molecule has 0 aliphatic carbocycles. The highest BCUT2D eigenvalue weighted by atomic mass is 35.5. The highest BCUT2D eigenvalue weighted by Gasteiger charge is 2.48. The van der Waals surface area contributed by atoms with Crippen LogP contribution in [-0.4, -0.2) is 42.7 Å². The molecule has 6 rings (SSSR count). The predicted molar refractivity (Wildman–Crippen MR) is 129 cm³/mol. The molecule has 158 valence electrons. The summed E-state index contributed by atoms with van der Waals surface area (Å²) < 4.78 is 5.41. The number of nitrogens with one attached hydrogen (secondary N) is 2. The van der Waals surface area contributed by atoms with Crippen molar-refractivity contribution in [3.05, 3.63) is 70.2 Å². The van der Waals surface area contributed by atoms with Gasteiger partial charge in [0, 0.05) is 58.2 Å². The highest BCUT2D eigenvalue weighted by molar-refractivity contribution is 6.42. The zero-order chi connectivity index (χ0) is 21.0. The van der Waals surface area contributed by atoms with E-state index in [9.17, 15) is 0 Å². The van der Waals surface area contributed by atoms with Gasteiger partial charge in [-0.2, -0.15) is 0 Å². The Morgan fingerprint density at radius 3 is 2.55 bits per heavy atom. The molecule has 2 saturated heterocycles. The SMILES string of the molecule is Clc1ccc(Nc2cc(CCN3CC4(COC4)C3)c3[nH]c4ccccc4c3c2)cc1Cl. The molecule has 3 aromatic carbocycles. The topological polar surface area (TPSA) is 40.3 Å². The quantitative estimate of drug-likeness (QED) is 0.376. The first-order valence-electron chi connectivity index (χ1n) is 10.6. The van der Waals surface area contributed by atoms with Crippen molar-refractivity contribution < 1.29 is 4.74 Å². The number of aromatic nitrogens is 1. The molecule has 4 nitrogen and oxygen atoms in total. The summed E-state index contributed by atoms with van der Waals surface area (Å²) in [5.74, 6) is 0. The normalized spacial score (nSPS) is 17.7. The second-order valence-corrected chi connectivity index (χ2v) is 9.75. The van der Waals surface area contributed by atoms with Crippen LogP contribution in [0.5, 0.6) is 0 Å². The number of fused-ring (bicyclic) bond motifs is 3. The molecule has 0 unspecified atom stereocenters. The number of hydrogen-bond donors (Lipinski definition) is 2. The van der Waals surface area contributed by atoms with E-state index in [0.717, 1.165) is 50.6 Å². The molecule has 0 bridgehead atoms. The number of para-hydroxylation sites is 1. The highest BCUT2D eigenvalue weighted by Crippen LogP contribution is 2.38. The summed E-state index contributed by atoms with van der Waals surface area (Å²) in [4.78, 5) is 6.19. The molecular formula is C25H23Cl2N3O. The Labute approximate surface area is 191 Å². The second-order valence-electron chi connectivity index (χ2n) is 8.94. The molecule has 0 amide bonds. The number of likely N-dealkylation sites (tertiary alicyclic amines) is 1. The Balaban J connectivity index is 1.33. The van der Waals surface area contributed by atoms with E-state index in [1.165, 1.54) is 27.4 Å². The van der Waals surface area contributed by atoms with Gasteiger partial charge in [0.2, 0.25) is 0 Å². The Bertz CT molecular complexity index is 1290. The third-order valence-electron chi connectivity index (χ3n) is 6.54. The minimum absolute atomic E-state index is 0.452. The predicted octanol–water partition coefficient (Wildman–Crippen LogP) is 6.25. The van der Waals surface area contributed by atoms with Gasteiger partial charge in [-0.3, -0.25) is 0 Å². The molecule has 4 aromatic rings. The van der Waals surface area contributed by atoms with E-state index in [-0.39, 0.29) is 0 Å².